The lowest BCUT2D eigenvalue weighted by atomic mass is 9.61. The number of halogens is 1. The molecule has 0 aromatic rings. The molecule has 1 saturated carbocycles. The molecule has 0 N–H and O–H groups in total. The lowest BCUT2D eigenvalue weighted by Gasteiger charge is -2.43. The molecule has 2 aliphatic carbocycles. The van der Waals surface area contributed by atoms with Crippen molar-refractivity contribution < 1.29 is 14.3 Å². The van der Waals surface area contributed by atoms with E-state index in [9.17, 15) is 4.79 Å². The zero-order valence-electron chi connectivity index (χ0n) is 10.6. The Kier molecular flexibility index (Phi) is 2.00. The van der Waals surface area contributed by atoms with Crippen LogP contribution in [0.25, 0.3) is 0 Å². The van der Waals surface area contributed by atoms with Crippen LogP contribution in [0.3, 0.4) is 0 Å². The van der Waals surface area contributed by atoms with Gasteiger partial charge in [0.05, 0.1) is 18.8 Å². The van der Waals surface area contributed by atoms with Crippen LogP contribution in [0.4, 0.5) is 0 Å². The fourth-order valence-electron chi connectivity index (χ4n) is 4.60. The van der Waals surface area contributed by atoms with Crippen LogP contribution in [-0.2, 0) is 14.3 Å². The predicted octanol–water partition coefficient (Wildman–Crippen LogP) is 2.29. The molecule has 1 spiro atoms. The first kappa shape index (κ1) is 11.6. The number of carbonyl (C=O) groups excluding carboxylic acids is 1. The first-order chi connectivity index (χ1) is 8.45. The predicted molar refractivity (Wildman–Crippen MR) is 69.3 cm³/mol. The van der Waals surface area contributed by atoms with Crippen molar-refractivity contribution in [3.63, 3.8) is 0 Å². The van der Waals surface area contributed by atoms with Gasteiger partial charge < -0.3 is 14.3 Å². The van der Waals surface area contributed by atoms with Crippen molar-refractivity contribution in [3.05, 3.63) is 10.6 Å². The Bertz CT molecular complexity index is 466. The molecule has 3 fully saturated rings. The van der Waals surface area contributed by atoms with Crippen molar-refractivity contribution in [2.45, 2.75) is 31.5 Å². The molecule has 2 heterocycles. The lowest BCUT2D eigenvalue weighted by molar-refractivity contribution is -0.114. The first-order valence-corrected chi connectivity index (χ1v) is 7.37. The van der Waals surface area contributed by atoms with Gasteiger partial charge in [0, 0.05) is 17.3 Å². The summed E-state index contributed by atoms with van der Waals surface area (Å²) in [6.45, 7) is 5.73. The monoisotopic (exact) mass is 312 g/mol. The van der Waals surface area contributed by atoms with Crippen LogP contribution >= 0.6 is 15.9 Å². The fourth-order valence-corrected chi connectivity index (χ4v) is 5.77. The zero-order chi connectivity index (χ0) is 12.8. The third-order valence-corrected chi connectivity index (χ3v) is 6.38. The van der Waals surface area contributed by atoms with E-state index in [2.05, 4.69) is 35.9 Å². The molecule has 4 heteroatoms. The summed E-state index contributed by atoms with van der Waals surface area (Å²) in [5.41, 5.74) is -0.434. The molecule has 0 aromatic carbocycles. The van der Waals surface area contributed by atoms with Gasteiger partial charge in [-0.3, -0.25) is 0 Å². The van der Waals surface area contributed by atoms with Gasteiger partial charge >= 0.3 is 0 Å². The molecule has 98 valence electrons. The van der Waals surface area contributed by atoms with Crippen molar-refractivity contribution in [1.29, 1.82) is 0 Å². The van der Waals surface area contributed by atoms with Gasteiger partial charge in [-0.1, -0.05) is 22.0 Å². The van der Waals surface area contributed by atoms with Gasteiger partial charge in [-0.05, 0) is 30.7 Å². The van der Waals surface area contributed by atoms with E-state index in [1.165, 1.54) is 4.48 Å². The largest absolute Gasteiger partial charge is 0.374 e. The van der Waals surface area contributed by atoms with Crippen LogP contribution in [-0.4, -0.2) is 30.7 Å². The maximum Gasteiger partial charge on any atom is 0.154 e. The van der Waals surface area contributed by atoms with Crippen LogP contribution in [0.1, 0.15) is 20.3 Å². The summed E-state index contributed by atoms with van der Waals surface area (Å²) in [6.07, 6.45) is 4.37. The SMILES string of the molecule is CC1(C)OC[C@@]23C=C(Br)C2C([C@]2(C=O)CO2)CC13. The van der Waals surface area contributed by atoms with Gasteiger partial charge in [-0.15, -0.1) is 0 Å². The van der Waals surface area contributed by atoms with E-state index >= 15 is 0 Å². The van der Waals surface area contributed by atoms with E-state index in [-0.39, 0.29) is 11.0 Å². The van der Waals surface area contributed by atoms with Gasteiger partial charge in [-0.25, -0.2) is 0 Å². The third-order valence-electron chi connectivity index (χ3n) is 5.66. The molecule has 4 aliphatic rings. The Morgan fingerprint density at radius 3 is 2.67 bits per heavy atom. The maximum absolute atomic E-state index is 11.3. The van der Waals surface area contributed by atoms with Gasteiger partial charge in [0.25, 0.3) is 0 Å². The Balaban J connectivity index is 1.76. The molecular formula is C14H17BrO3. The number of hydrogen-bond acceptors (Lipinski definition) is 3. The highest BCUT2D eigenvalue weighted by molar-refractivity contribution is 9.11. The summed E-state index contributed by atoms with van der Waals surface area (Å²) in [5, 5.41) is 0. The molecule has 4 rings (SSSR count). The summed E-state index contributed by atoms with van der Waals surface area (Å²) in [7, 11) is 0. The van der Waals surface area contributed by atoms with Crippen LogP contribution in [0.2, 0.25) is 0 Å². The highest BCUT2D eigenvalue weighted by atomic mass is 79.9. The van der Waals surface area contributed by atoms with E-state index in [0.29, 0.717) is 24.4 Å². The molecule has 3 unspecified atom stereocenters. The van der Waals surface area contributed by atoms with Gasteiger partial charge in [0.15, 0.2) is 6.29 Å². The van der Waals surface area contributed by atoms with E-state index < -0.39 is 5.60 Å². The molecular weight excluding hydrogens is 296 g/mol. The second kappa shape index (κ2) is 3.10. The number of ether oxygens (including phenoxy) is 2. The highest BCUT2D eigenvalue weighted by Crippen LogP contribution is 2.71. The topological polar surface area (TPSA) is 38.8 Å². The van der Waals surface area contributed by atoms with Gasteiger partial charge in [-0.2, -0.15) is 0 Å². The standard InChI is InChI=1S/C14H17BrO3/c1-12(2)10-3-8(14(5-16)7-18-14)11-9(15)4-13(10,11)6-17-12/h4-5,8,10-11H,3,6-7H2,1-2H3/t8?,10?,11?,13-,14+/m1/s1. The maximum atomic E-state index is 11.3. The second-order valence-corrected chi connectivity index (χ2v) is 7.68. The number of rotatable bonds is 2. The molecule has 0 radical (unpaired) electrons. The van der Waals surface area contributed by atoms with Crippen LogP contribution in [0.5, 0.6) is 0 Å². The Hall–Kier alpha value is -0.190. The fraction of sp³-hybridized carbons (Fsp3) is 0.786. The van der Waals surface area contributed by atoms with Crippen molar-refractivity contribution >= 4 is 22.2 Å². The molecule has 18 heavy (non-hydrogen) atoms. The smallest absolute Gasteiger partial charge is 0.154 e. The lowest BCUT2D eigenvalue weighted by Crippen LogP contribution is -2.43. The van der Waals surface area contributed by atoms with Crippen molar-refractivity contribution in [2.24, 2.45) is 23.2 Å². The number of carbonyl (C=O) groups is 1. The van der Waals surface area contributed by atoms with E-state index in [1.54, 1.807) is 0 Å². The van der Waals surface area contributed by atoms with Crippen LogP contribution < -0.4 is 0 Å². The number of epoxide rings is 1. The summed E-state index contributed by atoms with van der Waals surface area (Å²) in [4.78, 5) is 11.3. The van der Waals surface area contributed by atoms with Crippen molar-refractivity contribution in [3.8, 4) is 0 Å². The third kappa shape index (κ3) is 1.11. The Morgan fingerprint density at radius 1 is 1.39 bits per heavy atom. The first-order valence-electron chi connectivity index (χ1n) is 6.58. The highest BCUT2D eigenvalue weighted by Gasteiger charge is 2.72. The molecule has 3 nitrogen and oxygen atoms in total. The Morgan fingerprint density at radius 2 is 2.11 bits per heavy atom. The summed E-state index contributed by atoms with van der Waals surface area (Å²) in [5.74, 6) is 1.24. The molecule has 2 saturated heterocycles. The van der Waals surface area contributed by atoms with Gasteiger partial charge in [0.2, 0.25) is 0 Å². The summed E-state index contributed by atoms with van der Waals surface area (Å²) >= 11 is 3.66. The van der Waals surface area contributed by atoms with E-state index in [4.69, 9.17) is 9.47 Å². The van der Waals surface area contributed by atoms with Crippen LogP contribution in [0, 0.1) is 23.2 Å². The normalized spacial score (nSPS) is 55.3. The minimum Gasteiger partial charge on any atom is -0.374 e. The summed E-state index contributed by atoms with van der Waals surface area (Å²) < 4.78 is 12.7. The quantitative estimate of drug-likeness (QED) is 0.580. The molecule has 0 bridgehead atoms. The average Bonchev–Trinajstić information content (AvgIpc) is 2.99. The molecule has 5 atom stereocenters. The minimum absolute atomic E-state index is 0.0871. The number of hydrogen-bond donors (Lipinski definition) is 0. The molecule has 0 amide bonds. The van der Waals surface area contributed by atoms with E-state index in [0.717, 1.165) is 19.3 Å². The zero-order valence-corrected chi connectivity index (χ0v) is 12.2. The molecule has 2 aliphatic heterocycles. The number of allylic oxidation sites excluding steroid dienone is 1. The average molecular weight is 313 g/mol. The van der Waals surface area contributed by atoms with E-state index in [1.807, 2.05) is 0 Å². The second-order valence-electron chi connectivity index (χ2n) is 6.77. The van der Waals surface area contributed by atoms with Crippen LogP contribution in [0.15, 0.2) is 10.6 Å². The van der Waals surface area contributed by atoms with Gasteiger partial charge in [0.1, 0.15) is 5.60 Å². The molecule has 0 aromatic heterocycles. The number of aldehydes is 1. The summed E-state index contributed by atoms with van der Waals surface area (Å²) in [6, 6.07) is 0. The van der Waals surface area contributed by atoms with Crippen molar-refractivity contribution in [1.82, 2.24) is 0 Å². The van der Waals surface area contributed by atoms with Crippen molar-refractivity contribution in [2.75, 3.05) is 13.2 Å². The Labute approximate surface area is 115 Å². The minimum atomic E-state index is -0.495.